The van der Waals surface area contributed by atoms with Crippen molar-refractivity contribution in [3.8, 4) is 23.0 Å². The molecule has 0 radical (unpaired) electrons. The SMILES string of the molecule is CC(=O)c1ccc(-c2ccc(-c3nc(C4(N)CCC4)no3)o2)cc1. The molecule has 0 saturated heterocycles. The molecule has 2 heterocycles. The second-order valence-corrected chi connectivity index (χ2v) is 6.23. The first-order valence-corrected chi connectivity index (χ1v) is 7.90. The summed E-state index contributed by atoms with van der Waals surface area (Å²) in [5, 5.41) is 3.99. The fraction of sp³-hybridized carbons (Fsp3) is 0.278. The number of benzene rings is 1. The highest BCUT2D eigenvalue weighted by atomic mass is 16.5. The van der Waals surface area contributed by atoms with E-state index in [1.54, 1.807) is 25.1 Å². The summed E-state index contributed by atoms with van der Waals surface area (Å²) in [6.45, 7) is 1.54. The van der Waals surface area contributed by atoms with Crippen LogP contribution in [-0.4, -0.2) is 15.9 Å². The molecule has 6 nitrogen and oxygen atoms in total. The van der Waals surface area contributed by atoms with Crippen LogP contribution in [0.4, 0.5) is 0 Å². The number of carbonyl (C=O) groups excluding carboxylic acids is 1. The van der Waals surface area contributed by atoms with Crippen molar-refractivity contribution >= 4 is 5.78 Å². The zero-order valence-corrected chi connectivity index (χ0v) is 13.3. The summed E-state index contributed by atoms with van der Waals surface area (Å²) in [5.74, 6) is 2.07. The third kappa shape index (κ3) is 2.45. The van der Waals surface area contributed by atoms with Gasteiger partial charge in [0.1, 0.15) is 5.76 Å². The summed E-state index contributed by atoms with van der Waals surface area (Å²) in [6.07, 6.45) is 2.83. The fourth-order valence-corrected chi connectivity index (χ4v) is 2.78. The maximum absolute atomic E-state index is 11.3. The normalized spacial score (nSPS) is 15.9. The highest BCUT2D eigenvalue weighted by Gasteiger charge is 2.39. The second kappa shape index (κ2) is 5.42. The number of nitrogens with two attached hydrogens (primary N) is 1. The van der Waals surface area contributed by atoms with E-state index in [-0.39, 0.29) is 5.78 Å². The van der Waals surface area contributed by atoms with Gasteiger partial charge in [0.2, 0.25) is 0 Å². The van der Waals surface area contributed by atoms with Crippen LogP contribution in [0.25, 0.3) is 23.0 Å². The molecule has 0 atom stereocenters. The first-order chi connectivity index (χ1) is 11.5. The third-order valence-electron chi connectivity index (χ3n) is 4.51. The van der Waals surface area contributed by atoms with E-state index in [1.165, 1.54) is 0 Å². The first-order valence-electron chi connectivity index (χ1n) is 7.90. The largest absolute Gasteiger partial charge is 0.451 e. The molecule has 2 aromatic heterocycles. The number of Topliss-reactive ketones (excluding diaryl/α,β-unsaturated/α-hetero) is 1. The molecule has 2 N–H and O–H groups in total. The molecule has 3 aromatic rings. The molecule has 0 unspecified atom stereocenters. The number of furan rings is 1. The van der Waals surface area contributed by atoms with Crippen molar-refractivity contribution in [2.45, 2.75) is 31.7 Å². The van der Waals surface area contributed by atoms with Crippen molar-refractivity contribution in [3.05, 3.63) is 47.8 Å². The maximum atomic E-state index is 11.3. The van der Waals surface area contributed by atoms with E-state index in [9.17, 15) is 4.79 Å². The molecule has 0 bridgehead atoms. The first kappa shape index (κ1) is 14.8. The van der Waals surface area contributed by atoms with Gasteiger partial charge < -0.3 is 14.7 Å². The number of hydrogen-bond donors (Lipinski definition) is 1. The van der Waals surface area contributed by atoms with Crippen molar-refractivity contribution in [3.63, 3.8) is 0 Å². The molecule has 1 fully saturated rings. The number of nitrogens with zero attached hydrogens (tertiary/aromatic N) is 2. The number of carbonyl (C=O) groups is 1. The van der Waals surface area contributed by atoms with Crippen LogP contribution in [-0.2, 0) is 5.54 Å². The Morgan fingerprint density at radius 2 is 1.83 bits per heavy atom. The van der Waals surface area contributed by atoms with Gasteiger partial charge in [0.05, 0.1) is 5.54 Å². The lowest BCUT2D eigenvalue weighted by Gasteiger charge is -2.34. The van der Waals surface area contributed by atoms with Crippen LogP contribution in [0.2, 0.25) is 0 Å². The molecular weight excluding hydrogens is 306 g/mol. The Hall–Kier alpha value is -2.73. The van der Waals surface area contributed by atoms with Crippen molar-refractivity contribution < 1.29 is 13.7 Å². The Bertz CT molecular complexity index is 888. The predicted molar refractivity (Wildman–Crippen MR) is 87.2 cm³/mol. The molecule has 6 heteroatoms. The Morgan fingerprint density at radius 3 is 2.46 bits per heavy atom. The van der Waals surface area contributed by atoms with Gasteiger partial charge in [-0.1, -0.05) is 29.4 Å². The van der Waals surface area contributed by atoms with Gasteiger partial charge in [0.25, 0.3) is 5.89 Å². The molecule has 1 saturated carbocycles. The predicted octanol–water partition coefficient (Wildman–Crippen LogP) is 3.54. The number of aromatic nitrogens is 2. The summed E-state index contributed by atoms with van der Waals surface area (Å²) < 4.78 is 11.1. The van der Waals surface area contributed by atoms with Crippen molar-refractivity contribution in [2.75, 3.05) is 0 Å². The third-order valence-corrected chi connectivity index (χ3v) is 4.51. The average molecular weight is 323 g/mol. The van der Waals surface area contributed by atoms with Gasteiger partial charge in [0.15, 0.2) is 17.4 Å². The molecule has 1 aliphatic carbocycles. The number of rotatable bonds is 4. The van der Waals surface area contributed by atoms with Gasteiger partial charge in [-0.15, -0.1) is 0 Å². The molecule has 1 aliphatic rings. The van der Waals surface area contributed by atoms with Crippen LogP contribution in [0, 0.1) is 0 Å². The molecule has 0 spiro atoms. The maximum Gasteiger partial charge on any atom is 0.293 e. The van der Waals surface area contributed by atoms with Crippen LogP contribution < -0.4 is 5.73 Å². The van der Waals surface area contributed by atoms with E-state index in [0.29, 0.717) is 28.8 Å². The Labute approximate surface area is 138 Å². The van der Waals surface area contributed by atoms with E-state index in [0.717, 1.165) is 24.8 Å². The summed E-state index contributed by atoms with van der Waals surface area (Å²) in [6, 6.07) is 10.9. The summed E-state index contributed by atoms with van der Waals surface area (Å²) >= 11 is 0. The van der Waals surface area contributed by atoms with Gasteiger partial charge in [-0.3, -0.25) is 4.79 Å². The molecule has 24 heavy (non-hydrogen) atoms. The fourth-order valence-electron chi connectivity index (χ4n) is 2.78. The van der Waals surface area contributed by atoms with Crippen LogP contribution in [0.5, 0.6) is 0 Å². The Balaban J connectivity index is 1.59. The van der Waals surface area contributed by atoms with E-state index in [4.69, 9.17) is 14.7 Å². The summed E-state index contributed by atoms with van der Waals surface area (Å²) in [5.41, 5.74) is 7.29. The molecule has 0 aliphatic heterocycles. The zero-order valence-electron chi connectivity index (χ0n) is 13.3. The molecule has 122 valence electrons. The van der Waals surface area contributed by atoms with Gasteiger partial charge in [-0.25, -0.2) is 0 Å². The van der Waals surface area contributed by atoms with Gasteiger partial charge in [0, 0.05) is 11.1 Å². The van der Waals surface area contributed by atoms with Crippen LogP contribution in [0.3, 0.4) is 0 Å². The Kier molecular flexibility index (Phi) is 3.35. The van der Waals surface area contributed by atoms with Crippen molar-refractivity contribution in [2.24, 2.45) is 5.73 Å². The minimum atomic E-state index is -0.459. The lowest BCUT2D eigenvalue weighted by molar-refractivity contribution is 0.101. The standard InChI is InChI=1S/C18H17N3O3/c1-11(22)12-3-5-13(6-4-12)14-7-8-15(23-14)16-20-17(21-24-16)18(19)9-2-10-18/h3-8H,2,9-10,19H2,1H3. The number of hydrogen-bond acceptors (Lipinski definition) is 6. The average Bonchev–Trinajstić information content (AvgIpc) is 3.22. The highest BCUT2D eigenvalue weighted by Crippen LogP contribution is 2.38. The molecule has 1 aromatic carbocycles. The quantitative estimate of drug-likeness (QED) is 0.738. The van der Waals surface area contributed by atoms with Crippen molar-refractivity contribution in [1.82, 2.24) is 10.1 Å². The van der Waals surface area contributed by atoms with Gasteiger partial charge >= 0.3 is 0 Å². The van der Waals surface area contributed by atoms with Gasteiger partial charge in [-0.05, 0) is 38.3 Å². The zero-order chi connectivity index (χ0) is 16.7. The minimum absolute atomic E-state index is 0.0341. The summed E-state index contributed by atoms with van der Waals surface area (Å²) in [4.78, 5) is 15.7. The van der Waals surface area contributed by atoms with Crippen LogP contribution in [0.1, 0.15) is 42.4 Å². The lowest BCUT2D eigenvalue weighted by atomic mass is 9.77. The van der Waals surface area contributed by atoms with Crippen LogP contribution in [0.15, 0.2) is 45.3 Å². The smallest absolute Gasteiger partial charge is 0.293 e. The highest BCUT2D eigenvalue weighted by molar-refractivity contribution is 5.94. The minimum Gasteiger partial charge on any atom is -0.451 e. The van der Waals surface area contributed by atoms with Crippen molar-refractivity contribution in [1.29, 1.82) is 0 Å². The Morgan fingerprint density at radius 1 is 1.12 bits per heavy atom. The summed E-state index contributed by atoms with van der Waals surface area (Å²) in [7, 11) is 0. The van der Waals surface area contributed by atoms with Gasteiger partial charge in [-0.2, -0.15) is 4.98 Å². The lowest BCUT2D eigenvalue weighted by Crippen LogP contribution is -2.44. The van der Waals surface area contributed by atoms with E-state index >= 15 is 0 Å². The molecule has 0 amide bonds. The second-order valence-electron chi connectivity index (χ2n) is 6.23. The van der Waals surface area contributed by atoms with E-state index in [2.05, 4.69) is 10.1 Å². The molecular formula is C18H17N3O3. The van der Waals surface area contributed by atoms with Crippen LogP contribution >= 0.6 is 0 Å². The van der Waals surface area contributed by atoms with E-state index in [1.807, 2.05) is 18.2 Å². The topological polar surface area (TPSA) is 95.2 Å². The number of ketones is 1. The van der Waals surface area contributed by atoms with E-state index < -0.39 is 5.54 Å². The molecule has 4 rings (SSSR count). The monoisotopic (exact) mass is 323 g/mol.